The van der Waals surface area contributed by atoms with Crippen molar-refractivity contribution in [1.29, 1.82) is 0 Å². The summed E-state index contributed by atoms with van der Waals surface area (Å²) in [5.74, 6) is -0.250. The molecule has 1 amide bonds. The minimum atomic E-state index is -0.250. The van der Waals surface area contributed by atoms with E-state index in [1.54, 1.807) is 24.4 Å². The average Bonchev–Trinajstić information content (AvgIpc) is 2.90. The lowest BCUT2D eigenvalue weighted by molar-refractivity contribution is 0.102. The highest BCUT2D eigenvalue weighted by molar-refractivity contribution is 6.05. The lowest BCUT2D eigenvalue weighted by atomic mass is 10.0. The molecule has 3 rings (SSSR count). The van der Waals surface area contributed by atoms with Gasteiger partial charge >= 0.3 is 0 Å². The molecule has 0 fully saturated rings. The summed E-state index contributed by atoms with van der Waals surface area (Å²) >= 11 is 0. The Labute approximate surface area is 128 Å². The molecular weight excluding hydrogens is 276 g/mol. The Morgan fingerprint density at radius 3 is 2.59 bits per heavy atom. The number of benzene rings is 1. The second kappa shape index (κ2) is 5.81. The van der Waals surface area contributed by atoms with Crippen LogP contribution in [0.25, 0.3) is 11.3 Å². The second-order valence-electron chi connectivity index (χ2n) is 5.06. The summed E-state index contributed by atoms with van der Waals surface area (Å²) in [5, 5.41) is 10.2. The topological polar surface area (TPSA) is 70.7 Å². The molecule has 0 aliphatic heterocycles. The number of amides is 1. The summed E-state index contributed by atoms with van der Waals surface area (Å²) in [6.45, 7) is 3.90. The van der Waals surface area contributed by atoms with Crippen LogP contribution in [0.5, 0.6) is 0 Å². The normalized spacial score (nSPS) is 10.5. The molecule has 0 unspecified atom stereocenters. The fourth-order valence-corrected chi connectivity index (χ4v) is 2.29. The highest BCUT2D eigenvalue weighted by Gasteiger charge is 2.17. The minimum Gasteiger partial charge on any atom is -0.317 e. The van der Waals surface area contributed by atoms with Gasteiger partial charge in [0.2, 0.25) is 0 Å². The maximum Gasteiger partial charge on any atom is 0.274 e. The first kappa shape index (κ1) is 14.0. The average molecular weight is 292 g/mol. The van der Waals surface area contributed by atoms with E-state index in [9.17, 15) is 4.79 Å². The van der Waals surface area contributed by atoms with Crippen LogP contribution in [0.4, 0.5) is 5.69 Å². The Bertz CT molecular complexity index is 809. The van der Waals surface area contributed by atoms with Gasteiger partial charge in [-0.05, 0) is 31.5 Å². The summed E-state index contributed by atoms with van der Waals surface area (Å²) in [5.41, 5.74) is 4.69. The number of anilines is 1. The van der Waals surface area contributed by atoms with Gasteiger partial charge in [0.15, 0.2) is 0 Å². The van der Waals surface area contributed by atoms with Crippen LogP contribution in [0.15, 0.2) is 48.7 Å². The van der Waals surface area contributed by atoms with E-state index < -0.39 is 0 Å². The van der Waals surface area contributed by atoms with Crippen molar-refractivity contribution >= 4 is 11.6 Å². The van der Waals surface area contributed by atoms with Crippen LogP contribution in [-0.2, 0) is 0 Å². The van der Waals surface area contributed by atoms with E-state index in [4.69, 9.17) is 0 Å². The van der Waals surface area contributed by atoms with Crippen molar-refractivity contribution in [1.82, 2.24) is 15.2 Å². The van der Waals surface area contributed by atoms with Gasteiger partial charge in [-0.15, -0.1) is 0 Å². The number of hydrogen-bond donors (Lipinski definition) is 2. The number of aromatic amines is 1. The highest BCUT2D eigenvalue weighted by atomic mass is 16.1. The van der Waals surface area contributed by atoms with Gasteiger partial charge in [0.05, 0.1) is 11.4 Å². The molecule has 3 aromatic rings. The van der Waals surface area contributed by atoms with Crippen molar-refractivity contribution in [2.24, 2.45) is 0 Å². The maximum atomic E-state index is 12.3. The van der Waals surface area contributed by atoms with Gasteiger partial charge < -0.3 is 5.32 Å². The molecule has 22 heavy (non-hydrogen) atoms. The fraction of sp³-hybridized carbons (Fsp3) is 0.118. The molecule has 0 radical (unpaired) electrons. The number of nitrogens with zero attached hydrogens (tertiary/aromatic N) is 2. The number of nitrogens with one attached hydrogen (secondary N) is 2. The van der Waals surface area contributed by atoms with Crippen LogP contribution in [0.2, 0.25) is 0 Å². The van der Waals surface area contributed by atoms with Crippen molar-refractivity contribution in [3.05, 3.63) is 65.6 Å². The predicted molar refractivity (Wildman–Crippen MR) is 85.7 cm³/mol. The lowest BCUT2D eigenvalue weighted by Crippen LogP contribution is -2.14. The minimum absolute atomic E-state index is 0.250. The van der Waals surface area contributed by atoms with Gasteiger partial charge in [-0.2, -0.15) is 5.10 Å². The summed E-state index contributed by atoms with van der Waals surface area (Å²) in [4.78, 5) is 16.4. The van der Waals surface area contributed by atoms with Gasteiger partial charge in [-0.1, -0.05) is 30.3 Å². The molecule has 0 bridgehead atoms. The smallest absolute Gasteiger partial charge is 0.274 e. The van der Waals surface area contributed by atoms with Crippen molar-refractivity contribution in [3.63, 3.8) is 0 Å². The molecule has 0 aliphatic rings. The third kappa shape index (κ3) is 2.61. The van der Waals surface area contributed by atoms with Crippen LogP contribution in [0.1, 0.15) is 21.7 Å². The molecule has 0 spiro atoms. The molecule has 110 valence electrons. The summed E-state index contributed by atoms with van der Waals surface area (Å²) in [6, 6.07) is 13.2. The Morgan fingerprint density at radius 2 is 1.86 bits per heavy atom. The van der Waals surface area contributed by atoms with Gasteiger partial charge in [0.1, 0.15) is 11.4 Å². The van der Waals surface area contributed by atoms with E-state index in [-0.39, 0.29) is 5.91 Å². The van der Waals surface area contributed by atoms with Gasteiger partial charge in [-0.25, -0.2) is 0 Å². The molecule has 0 saturated carbocycles. The second-order valence-corrected chi connectivity index (χ2v) is 5.06. The Hall–Kier alpha value is -2.95. The number of aryl methyl sites for hydroxylation is 2. The number of rotatable bonds is 3. The van der Waals surface area contributed by atoms with Gasteiger partial charge in [0, 0.05) is 11.8 Å². The monoisotopic (exact) mass is 292 g/mol. The van der Waals surface area contributed by atoms with Crippen LogP contribution >= 0.6 is 0 Å². The van der Waals surface area contributed by atoms with Crippen molar-refractivity contribution in [2.75, 3.05) is 5.32 Å². The number of carbonyl (C=O) groups is 1. The van der Waals surface area contributed by atoms with Crippen LogP contribution < -0.4 is 5.32 Å². The third-order valence-electron chi connectivity index (χ3n) is 3.48. The quantitative estimate of drug-likeness (QED) is 0.777. The zero-order chi connectivity index (χ0) is 15.5. The zero-order valence-electron chi connectivity index (χ0n) is 12.4. The first-order valence-corrected chi connectivity index (χ1v) is 7.00. The van der Waals surface area contributed by atoms with Crippen molar-refractivity contribution in [2.45, 2.75) is 13.8 Å². The van der Waals surface area contributed by atoms with E-state index in [1.165, 1.54) is 0 Å². The van der Waals surface area contributed by atoms with Gasteiger partial charge in [0.25, 0.3) is 5.91 Å². The van der Waals surface area contributed by atoms with E-state index in [1.807, 2.05) is 38.1 Å². The van der Waals surface area contributed by atoms with Crippen LogP contribution in [0.3, 0.4) is 0 Å². The number of H-pyrrole nitrogens is 1. The van der Waals surface area contributed by atoms with E-state index >= 15 is 0 Å². The van der Waals surface area contributed by atoms with Crippen molar-refractivity contribution < 1.29 is 4.79 Å². The van der Waals surface area contributed by atoms with Crippen molar-refractivity contribution in [3.8, 4) is 11.3 Å². The fourth-order valence-electron chi connectivity index (χ4n) is 2.29. The van der Waals surface area contributed by atoms with E-state index in [2.05, 4.69) is 20.5 Å². The molecule has 0 saturated heterocycles. The number of hydrogen-bond acceptors (Lipinski definition) is 3. The van der Waals surface area contributed by atoms with Crippen LogP contribution in [0, 0.1) is 13.8 Å². The highest BCUT2D eigenvalue weighted by Crippen LogP contribution is 2.30. The number of aromatic nitrogens is 3. The molecule has 5 heteroatoms. The Morgan fingerprint density at radius 1 is 1.09 bits per heavy atom. The SMILES string of the molecule is Cc1ccccc1-c1n[nH]c(C)c1NC(=O)c1ccccn1. The summed E-state index contributed by atoms with van der Waals surface area (Å²) < 4.78 is 0. The largest absolute Gasteiger partial charge is 0.317 e. The number of carbonyl (C=O) groups excluding carboxylic acids is 1. The van der Waals surface area contributed by atoms with Gasteiger partial charge in [-0.3, -0.25) is 14.9 Å². The lowest BCUT2D eigenvalue weighted by Gasteiger charge is -2.08. The number of pyridine rings is 1. The Kier molecular flexibility index (Phi) is 3.70. The van der Waals surface area contributed by atoms with Crippen LogP contribution in [-0.4, -0.2) is 21.1 Å². The standard InChI is InChI=1S/C17H16N4O/c1-11-7-3-4-8-13(11)16-15(12(2)20-21-16)19-17(22)14-9-5-6-10-18-14/h3-10H,1-2H3,(H,19,22)(H,20,21). The summed E-state index contributed by atoms with van der Waals surface area (Å²) in [7, 11) is 0. The maximum absolute atomic E-state index is 12.3. The molecule has 2 heterocycles. The molecule has 0 atom stereocenters. The predicted octanol–water partition coefficient (Wildman–Crippen LogP) is 3.34. The zero-order valence-corrected chi connectivity index (χ0v) is 12.4. The van der Waals surface area contributed by atoms with E-state index in [0.29, 0.717) is 11.4 Å². The van der Waals surface area contributed by atoms with E-state index in [0.717, 1.165) is 22.5 Å². The molecule has 5 nitrogen and oxygen atoms in total. The molecule has 1 aromatic carbocycles. The first-order valence-electron chi connectivity index (χ1n) is 7.00. The Balaban J connectivity index is 1.97. The molecule has 2 aromatic heterocycles. The molecule has 2 N–H and O–H groups in total. The molecular formula is C17H16N4O. The first-order chi connectivity index (χ1) is 10.7. The summed E-state index contributed by atoms with van der Waals surface area (Å²) in [6.07, 6.45) is 1.60. The molecule has 0 aliphatic carbocycles. The third-order valence-corrected chi connectivity index (χ3v) is 3.48.